The summed E-state index contributed by atoms with van der Waals surface area (Å²) in [6.45, 7) is 1.22. The highest BCUT2D eigenvalue weighted by Crippen LogP contribution is 2.15. The van der Waals surface area contributed by atoms with Gasteiger partial charge in [-0.1, -0.05) is 30.3 Å². The lowest BCUT2D eigenvalue weighted by atomic mass is 10.2. The van der Waals surface area contributed by atoms with Gasteiger partial charge in [-0.25, -0.2) is 13.5 Å². The summed E-state index contributed by atoms with van der Waals surface area (Å²) in [6.07, 6.45) is 1.42. The van der Waals surface area contributed by atoms with Crippen molar-refractivity contribution in [3.05, 3.63) is 83.7 Å². The first-order chi connectivity index (χ1) is 13.0. The van der Waals surface area contributed by atoms with Crippen molar-refractivity contribution in [2.24, 2.45) is 0 Å². The molecule has 2 aromatic carbocycles. The van der Waals surface area contributed by atoms with Gasteiger partial charge in [-0.2, -0.15) is 5.10 Å². The summed E-state index contributed by atoms with van der Waals surface area (Å²) in [5.41, 5.74) is 1.15. The number of nitrogens with zero attached hydrogens (tertiary/aromatic N) is 3. The zero-order chi connectivity index (χ0) is 19.2. The van der Waals surface area contributed by atoms with Crippen LogP contribution in [0.1, 0.15) is 16.1 Å². The fraction of sp³-hybridized carbons (Fsp3) is 0.200. The average molecular weight is 371 g/mol. The minimum atomic E-state index is -0.624. The number of amides is 1. The summed E-state index contributed by atoms with van der Waals surface area (Å²) in [4.78, 5) is 13.9. The monoisotopic (exact) mass is 371 g/mol. The molecule has 0 atom stereocenters. The summed E-state index contributed by atoms with van der Waals surface area (Å²) >= 11 is 0. The maximum Gasteiger partial charge on any atom is 0.274 e. The van der Waals surface area contributed by atoms with Gasteiger partial charge in [-0.05, 0) is 23.8 Å². The highest BCUT2D eigenvalue weighted by atomic mass is 19.1. The molecular formula is C20H19F2N3O2. The number of hydrogen-bond acceptors (Lipinski definition) is 3. The van der Waals surface area contributed by atoms with Crippen LogP contribution in [0.2, 0.25) is 0 Å². The number of likely N-dealkylation sites (N-methyl/N-ethyl adjacent to an activating group) is 1. The first kappa shape index (κ1) is 18.7. The largest absolute Gasteiger partial charge is 0.375 e. The highest BCUT2D eigenvalue weighted by Gasteiger charge is 2.16. The standard InChI is InChI=1S/C20H19F2N3O2/c1-24(11-12-27-14-15-5-3-2-4-6-15)20(26)18-9-10-25(23-18)19-13-16(21)7-8-17(19)22/h2-10,13H,11-12,14H2,1H3. The number of rotatable bonds is 7. The minimum absolute atomic E-state index is 0.0529. The van der Waals surface area contributed by atoms with E-state index in [9.17, 15) is 13.6 Å². The van der Waals surface area contributed by atoms with Gasteiger partial charge in [-0.15, -0.1) is 0 Å². The van der Waals surface area contributed by atoms with Crippen LogP contribution in [0.4, 0.5) is 8.78 Å². The predicted molar refractivity (Wildman–Crippen MR) is 96.5 cm³/mol. The smallest absolute Gasteiger partial charge is 0.274 e. The fourth-order valence-electron chi connectivity index (χ4n) is 2.50. The molecule has 0 aliphatic rings. The third-order valence-corrected chi connectivity index (χ3v) is 3.99. The SMILES string of the molecule is CN(CCOCc1ccccc1)C(=O)c1ccn(-c2cc(F)ccc2F)n1. The number of halogens is 2. The molecule has 1 amide bonds. The summed E-state index contributed by atoms with van der Waals surface area (Å²) < 4.78 is 33.9. The predicted octanol–water partition coefficient (Wildman–Crippen LogP) is 3.44. The van der Waals surface area contributed by atoms with Crippen LogP contribution >= 0.6 is 0 Å². The summed E-state index contributed by atoms with van der Waals surface area (Å²) in [6, 6.07) is 14.3. The molecule has 1 heterocycles. The molecule has 3 rings (SSSR count). The Kier molecular flexibility index (Phi) is 5.93. The Hall–Kier alpha value is -3.06. The minimum Gasteiger partial charge on any atom is -0.375 e. The van der Waals surface area contributed by atoms with Crippen molar-refractivity contribution in [1.29, 1.82) is 0 Å². The van der Waals surface area contributed by atoms with E-state index in [-0.39, 0.29) is 17.3 Å². The van der Waals surface area contributed by atoms with Crippen LogP contribution in [0.5, 0.6) is 0 Å². The molecule has 0 fully saturated rings. The van der Waals surface area contributed by atoms with Crippen molar-refractivity contribution in [3.8, 4) is 5.69 Å². The first-order valence-corrected chi connectivity index (χ1v) is 8.43. The maximum atomic E-state index is 13.8. The van der Waals surface area contributed by atoms with Crippen molar-refractivity contribution in [3.63, 3.8) is 0 Å². The fourth-order valence-corrected chi connectivity index (χ4v) is 2.50. The molecule has 0 N–H and O–H groups in total. The van der Waals surface area contributed by atoms with Crippen molar-refractivity contribution < 1.29 is 18.3 Å². The lowest BCUT2D eigenvalue weighted by molar-refractivity contribution is 0.0665. The van der Waals surface area contributed by atoms with E-state index < -0.39 is 11.6 Å². The molecule has 140 valence electrons. The number of ether oxygens (including phenoxy) is 1. The van der Waals surface area contributed by atoms with Crippen LogP contribution in [0.15, 0.2) is 60.8 Å². The van der Waals surface area contributed by atoms with Gasteiger partial charge in [-0.3, -0.25) is 4.79 Å². The molecule has 5 nitrogen and oxygen atoms in total. The van der Waals surface area contributed by atoms with E-state index in [1.165, 1.54) is 17.2 Å². The van der Waals surface area contributed by atoms with E-state index >= 15 is 0 Å². The van der Waals surface area contributed by atoms with Crippen LogP contribution in [0.25, 0.3) is 5.69 Å². The Morgan fingerprint density at radius 2 is 1.93 bits per heavy atom. The van der Waals surface area contributed by atoms with E-state index in [1.807, 2.05) is 30.3 Å². The van der Waals surface area contributed by atoms with E-state index in [1.54, 1.807) is 7.05 Å². The average Bonchev–Trinajstić information content (AvgIpc) is 3.17. The van der Waals surface area contributed by atoms with Gasteiger partial charge >= 0.3 is 0 Å². The van der Waals surface area contributed by atoms with Crippen molar-refractivity contribution >= 4 is 5.91 Å². The Labute approximate surface area is 155 Å². The summed E-state index contributed by atoms with van der Waals surface area (Å²) in [5, 5.41) is 4.06. The number of aromatic nitrogens is 2. The van der Waals surface area contributed by atoms with Crippen molar-refractivity contribution in [2.75, 3.05) is 20.2 Å². The molecule has 1 aromatic heterocycles. The number of benzene rings is 2. The lowest BCUT2D eigenvalue weighted by Crippen LogP contribution is -2.30. The molecule has 0 spiro atoms. The van der Waals surface area contributed by atoms with Crippen LogP contribution in [-0.4, -0.2) is 40.8 Å². The number of carbonyl (C=O) groups excluding carboxylic acids is 1. The van der Waals surface area contributed by atoms with Gasteiger partial charge < -0.3 is 9.64 Å². The molecule has 0 saturated heterocycles. The Morgan fingerprint density at radius 3 is 2.70 bits per heavy atom. The van der Waals surface area contributed by atoms with Gasteiger partial charge in [0.15, 0.2) is 5.69 Å². The first-order valence-electron chi connectivity index (χ1n) is 8.43. The Morgan fingerprint density at radius 1 is 1.15 bits per heavy atom. The molecular weight excluding hydrogens is 352 g/mol. The molecule has 0 unspecified atom stereocenters. The normalized spacial score (nSPS) is 10.8. The molecule has 27 heavy (non-hydrogen) atoms. The van der Waals surface area contributed by atoms with Crippen LogP contribution in [0, 0.1) is 11.6 Å². The van der Waals surface area contributed by atoms with Gasteiger partial charge in [0.05, 0.1) is 13.2 Å². The quantitative estimate of drug-likeness (QED) is 0.598. The van der Waals surface area contributed by atoms with E-state index in [0.29, 0.717) is 19.8 Å². The van der Waals surface area contributed by atoms with Gasteiger partial charge in [0.25, 0.3) is 5.91 Å². The van der Waals surface area contributed by atoms with Gasteiger partial charge in [0.1, 0.15) is 17.3 Å². The number of carbonyl (C=O) groups is 1. The molecule has 0 bridgehead atoms. The second kappa shape index (κ2) is 8.55. The molecule has 0 radical (unpaired) electrons. The van der Waals surface area contributed by atoms with Gasteiger partial charge in [0, 0.05) is 25.9 Å². The third kappa shape index (κ3) is 4.77. The molecule has 3 aromatic rings. The summed E-state index contributed by atoms with van der Waals surface area (Å²) in [5.74, 6) is -1.53. The summed E-state index contributed by atoms with van der Waals surface area (Å²) in [7, 11) is 1.63. The highest BCUT2D eigenvalue weighted by molar-refractivity contribution is 5.92. The van der Waals surface area contributed by atoms with Crippen molar-refractivity contribution in [2.45, 2.75) is 6.61 Å². The van der Waals surface area contributed by atoms with Crippen LogP contribution in [0.3, 0.4) is 0 Å². The Balaban J connectivity index is 1.56. The van der Waals surface area contributed by atoms with E-state index in [0.717, 1.165) is 28.4 Å². The maximum absolute atomic E-state index is 13.8. The van der Waals surface area contributed by atoms with E-state index in [2.05, 4.69) is 5.10 Å². The topological polar surface area (TPSA) is 47.4 Å². The van der Waals surface area contributed by atoms with Crippen molar-refractivity contribution in [1.82, 2.24) is 14.7 Å². The third-order valence-electron chi connectivity index (χ3n) is 3.99. The Bertz CT molecular complexity index is 913. The van der Waals surface area contributed by atoms with Crippen LogP contribution < -0.4 is 0 Å². The zero-order valence-corrected chi connectivity index (χ0v) is 14.8. The number of hydrogen-bond donors (Lipinski definition) is 0. The molecule has 0 saturated carbocycles. The second-order valence-electron chi connectivity index (χ2n) is 6.01. The zero-order valence-electron chi connectivity index (χ0n) is 14.8. The van der Waals surface area contributed by atoms with Crippen LogP contribution in [-0.2, 0) is 11.3 Å². The molecule has 7 heteroatoms. The van der Waals surface area contributed by atoms with Gasteiger partial charge in [0.2, 0.25) is 0 Å². The molecule has 0 aliphatic carbocycles. The second-order valence-corrected chi connectivity index (χ2v) is 6.01. The van der Waals surface area contributed by atoms with E-state index in [4.69, 9.17) is 4.74 Å². The lowest BCUT2D eigenvalue weighted by Gasteiger charge is -2.16. The molecule has 0 aliphatic heterocycles.